The maximum absolute atomic E-state index is 13.9. The van der Waals surface area contributed by atoms with Gasteiger partial charge in [-0.1, -0.05) is 51.1 Å². The third-order valence-electron chi connectivity index (χ3n) is 8.36. The second kappa shape index (κ2) is 7.25. The highest BCUT2D eigenvalue weighted by Gasteiger charge is 2.56. The summed E-state index contributed by atoms with van der Waals surface area (Å²) < 4.78 is 42.6. The van der Waals surface area contributed by atoms with Gasteiger partial charge in [0.1, 0.15) is 11.4 Å². The van der Waals surface area contributed by atoms with Gasteiger partial charge in [-0.2, -0.15) is 18.3 Å². The standard InChI is InChI=1S/C24H29F3N4O/c1-13-17-9-15(23(17,2)3)10-18(13)30-22(32)16-12-28-31-20(24(25,26)27)11-19(29-21(16)31)14-7-5-4-6-8-14/h4-8,12-13,15,17-20,29H,9-11H2,1-3H3,(H,30,32)/t13-,15+,17+,18?,19?,20?/m1/s1. The van der Waals surface area contributed by atoms with Gasteiger partial charge in [0.15, 0.2) is 6.04 Å². The summed E-state index contributed by atoms with van der Waals surface area (Å²) in [6.07, 6.45) is -1.28. The van der Waals surface area contributed by atoms with E-state index in [1.807, 2.05) is 6.07 Å². The van der Waals surface area contributed by atoms with Gasteiger partial charge in [0.05, 0.1) is 12.2 Å². The molecular weight excluding hydrogens is 417 g/mol. The molecule has 1 aromatic carbocycles. The Labute approximate surface area is 185 Å². The number of amides is 1. The summed E-state index contributed by atoms with van der Waals surface area (Å²) >= 11 is 0. The van der Waals surface area contributed by atoms with Crippen molar-refractivity contribution in [2.45, 2.75) is 64.3 Å². The summed E-state index contributed by atoms with van der Waals surface area (Å²) in [6.45, 7) is 6.75. The molecule has 0 radical (unpaired) electrons. The van der Waals surface area contributed by atoms with Crippen molar-refractivity contribution in [1.29, 1.82) is 0 Å². The summed E-state index contributed by atoms with van der Waals surface area (Å²) in [7, 11) is 0. The Morgan fingerprint density at radius 3 is 2.53 bits per heavy atom. The van der Waals surface area contributed by atoms with E-state index in [1.165, 1.54) is 12.6 Å². The molecule has 3 aliphatic carbocycles. The number of fused-ring (bicyclic) bond motifs is 3. The van der Waals surface area contributed by atoms with Crippen LogP contribution in [-0.2, 0) is 0 Å². The zero-order chi connectivity index (χ0) is 22.8. The third-order valence-corrected chi connectivity index (χ3v) is 8.36. The van der Waals surface area contributed by atoms with E-state index in [0.717, 1.165) is 16.7 Å². The molecule has 3 saturated carbocycles. The number of nitrogens with zero attached hydrogens (tertiary/aromatic N) is 2. The van der Waals surface area contributed by atoms with E-state index in [9.17, 15) is 18.0 Å². The lowest BCUT2D eigenvalue weighted by molar-refractivity contribution is -0.173. The second-order valence-electron chi connectivity index (χ2n) is 10.3. The number of hydrogen-bond acceptors (Lipinski definition) is 3. The van der Waals surface area contributed by atoms with Crippen LogP contribution in [0.15, 0.2) is 36.5 Å². The van der Waals surface area contributed by atoms with E-state index < -0.39 is 18.3 Å². The monoisotopic (exact) mass is 446 g/mol. The predicted molar refractivity (Wildman–Crippen MR) is 115 cm³/mol. The number of rotatable bonds is 3. The number of hydrogen-bond donors (Lipinski definition) is 2. The minimum atomic E-state index is -4.46. The van der Waals surface area contributed by atoms with Crippen LogP contribution in [0.2, 0.25) is 0 Å². The Balaban J connectivity index is 1.41. The molecule has 6 atom stereocenters. The first-order chi connectivity index (χ1) is 15.1. The van der Waals surface area contributed by atoms with Gasteiger partial charge in [0.25, 0.3) is 5.91 Å². The normalized spacial score (nSPS) is 32.9. The van der Waals surface area contributed by atoms with Crippen molar-refractivity contribution >= 4 is 11.7 Å². The molecule has 1 amide bonds. The van der Waals surface area contributed by atoms with Gasteiger partial charge < -0.3 is 10.6 Å². The zero-order valence-electron chi connectivity index (χ0n) is 18.5. The molecule has 172 valence electrons. The van der Waals surface area contributed by atoms with Crippen molar-refractivity contribution in [2.24, 2.45) is 23.2 Å². The Morgan fingerprint density at radius 2 is 1.91 bits per heavy atom. The van der Waals surface area contributed by atoms with Crippen molar-refractivity contribution in [2.75, 3.05) is 5.32 Å². The van der Waals surface area contributed by atoms with Crippen molar-refractivity contribution < 1.29 is 18.0 Å². The number of anilines is 1. The van der Waals surface area contributed by atoms with Gasteiger partial charge >= 0.3 is 6.18 Å². The highest BCUT2D eigenvalue weighted by atomic mass is 19.4. The lowest BCUT2D eigenvalue weighted by atomic mass is 9.45. The lowest BCUT2D eigenvalue weighted by Crippen LogP contribution is -2.60. The van der Waals surface area contributed by atoms with Gasteiger partial charge in [0, 0.05) is 12.5 Å². The zero-order valence-corrected chi connectivity index (χ0v) is 18.5. The molecule has 8 heteroatoms. The number of carbonyl (C=O) groups excluding carboxylic acids is 1. The molecule has 6 rings (SSSR count). The lowest BCUT2D eigenvalue weighted by Gasteiger charge is -2.62. The van der Waals surface area contributed by atoms with Crippen LogP contribution in [0.5, 0.6) is 0 Å². The summed E-state index contributed by atoms with van der Waals surface area (Å²) in [5.74, 6) is 1.25. The molecule has 2 bridgehead atoms. The average molecular weight is 447 g/mol. The van der Waals surface area contributed by atoms with Crippen LogP contribution >= 0.6 is 0 Å². The quantitative estimate of drug-likeness (QED) is 0.669. The van der Waals surface area contributed by atoms with Gasteiger partial charge in [-0.3, -0.25) is 4.79 Å². The fourth-order valence-corrected chi connectivity index (χ4v) is 6.22. The third kappa shape index (κ3) is 3.30. The molecule has 5 nitrogen and oxygen atoms in total. The van der Waals surface area contributed by atoms with Crippen LogP contribution in [0.4, 0.5) is 19.0 Å². The minimum absolute atomic E-state index is 0.0294. The molecular formula is C24H29F3N4O. The average Bonchev–Trinajstić information content (AvgIpc) is 3.18. The van der Waals surface area contributed by atoms with Crippen LogP contribution < -0.4 is 10.6 Å². The van der Waals surface area contributed by atoms with Crippen LogP contribution in [-0.4, -0.2) is 27.9 Å². The second-order valence-corrected chi connectivity index (χ2v) is 10.3. The van der Waals surface area contributed by atoms with E-state index >= 15 is 0 Å². The summed E-state index contributed by atoms with van der Waals surface area (Å²) in [5.41, 5.74) is 1.22. The number of aromatic nitrogens is 2. The SMILES string of the molecule is C[C@H]1C(NC(=O)c2cnn3c2NC(c2ccccc2)CC3C(F)(F)F)C[C@@H]2C[C@@H]1C2(C)C. The Kier molecular flexibility index (Phi) is 4.84. The summed E-state index contributed by atoms with van der Waals surface area (Å²) in [5, 5.41) is 10.3. The van der Waals surface area contributed by atoms with Gasteiger partial charge in [0.2, 0.25) is 0 Å². The van der Waals surface area contributed by atoms with Crippen molar-refractivity contribution in [1.82, 2.24) is 15.1 Å². The van der Waals surface area contributed by atoms with E-state index in [0.29, 0.717) is 23.2 Å². The molecule has 0 spiro atoms. The maximum atomic E-state index is 13.9. The number of halogens is 3. The largest absolute Gasteiger partial charge is 0.410 e. The van der Waals surface area contributed by atoms with Gasteiger partial charge in [-0.25, -0.2) is 4.68 Å². The molecule has 4 aliphatic rings. The fraction of sp³-hybridized carbons (Fsp3) is 0.583. The fourth-order valence-electron chi connectivity index (χ4n) is 6.22. The molecule has 2 N–H and O–H groups in total. The Morgan fingerprint density at radius 1 is 1.19 bits per heavy atom. The molecule has 3 unspecified atom stereocenters. The van der Waals surface area contributed by atoms with E-state index in [1.54, 1.807) is 24.3 Å². The van der Waals surface area contributed by atoms with Crippen LogP contribution in [0, 0.1) is 23.2 Å². The number of alkyl halides is 3. The minimum Gasteiger partial charge on any atom is -0.363 e. The molecule has 2 heterocycles. The number of benzene rings is 1. The van der Waals surface area contributed by atoms with Crippen LogP contribution in [0.1, 0.15) is 68.0 Å². The smallest absolute Gasteiger partial charge is 0.363 e. The molecule has 32 heavy (non-hydrogen) atoms. The van der Waals surface area contributed by atoms with Crippen molar-refractivity contribution in [3.63, 3.8) is 0 Å². The number of nitrogens with one attached hydrogen (secondary N) is 2. The first-order valence-electron chi connectivity index (χ1n) is 11.3. The summed E-state index contributed by atoms with van der Waals surface area (Å²) in [6, 6.07) is 6.72. The van der Waals surface area contributed by atoms with Gasteiger partial charge in [-0.15, -0.1) is 0 Å². The molecule has 3 fully saturated rings. The molecule has 2 aromatic rings. The van der Waals surface area contributed by atoms with Crippen molar-refractivity contribution in [3.05, 3.63) is 47.7 Å². The number of carbonyl (C=O) groups is 1. The predicted octanol–water partition coefficient (Wildman–Crippen LogP) is 5.34. The molecule has 1 aliphatic heterocycles. The Bertz CT molecular complexity index is 1020. The topological polar surface area (TPSA) is 59.0 Å². The van der Waals surface area contributed by atoms with E-state index in [4.69, 9.17) is 0 Å². The Hall–Kier alpha value is -2.51. The van der Waals surface area contributed by atoms with Crippen LogP contribution in [0.3, 0.4) is 0 Å². The highest BCUT2D eigenvalue weighted by Crippen LogP contribution is 2.61. The highest BCUT2D eigenvalue weighted by molar-refractivity contribution is 5.99. The van der Waals surface area contributed by atoms with E-state index in [-0.39, 0.29) is 29.8 Å². The van der Waals surface area contributed by atoms with Crippen molar-refractivity contribution in [3.8, 4) is 0 Å². The summed E-state index contributed by atoms with van der Waals surface area (Å²) in [4.78, 5) is 13.2. The van der Waals surface area contributed by atoms with Gasteiger partial charge in [-0.05, 0) is 41.6 Å². The maximum Gasteiger partial charge on any atom is 0.410 e. The van der Waals surface area contributed by atoms with E-state index in [2.05, 4.69) is 36.5 Å². The molecule has 1 aromatic heterocycles. The first kappa shape index (κ1) is 21.3. The van der Waals surface area contributed by atoms with Crippen LogP contribution in [0.25, 0.3) is 0 Å². The molecule has 0 saturated heterocycles. The first-order valence-corrected chi connectivity index (χ1v) is 11.3.